The van der Waals surface area contributed by atoms with Gasteiger partial charge in [-0.2, -0.15) is 5.26 Å². The van der Waals surface area contributed by atoms with Crippen molar-refractivity contribution in [3.8, 4) is 6.07 Å². The van der Waals surface area contributed by atoms with Gasteiger partial charge >= 0.3 is 0 Å². The number of rotatable bonds is 5. The van der Waals surface area contributed by atoms with Gasteiger partial charge in [0.15, 0.2) is 0 Å². The maximum atomic E-state index is 12.3. The number of benzene rings is 1. The minimum atomic E-state index is -0.626. The van der Waals surface area contributed by atoms with E-state index >= 15 is 0 Å². The second-order valence-electron chi connectivity index (χ2n) is 5.83. The molecule has 0 radical (unpaired) electrons. The van der Waals surface area contributed by atoms with Crippen molar-refractivity contribution in [2.24, 2.45) is 0 Å². The van der Waals surface area contributed by atoms with Gasteiger partial charge in [0.2, 0.25) is 0 Å². The fourth-order valence-electron chi connectivity index (χ4n) is 2.86. The highest BCUT2D eigenvalue weighted by molar-refractivity contribution is 6.32. The highest BCUT2D eigenvalue weighted by Gasteiger charge is 2.21. The summed E-state index contributed by atoms with van der Waals surface area (Å²) in [6, 6.07) is 6.20. The molecule has 1 atom stereocenters. The lowest BCUT2D eigenvalue weighted by molar-refractivity contribution is -0.384. The average molecular weight is 363 g/mol. The topological polar surface area (TPSA) is 99.3 Å². The second kappa shape index (κ2) is 8.49. The Kier molecular flexibility index (Phi) is 6.37. The number of nitrogens with zero attached hydrogens (tertiary/aromatic N) is 3. The summed E-state index contributed by atoms with van der Waals surface area (Å²) in [7, 11) is 0. The lowest BCUT2D eigenvalue weighted by atomic mass is 10.0. The summed E-state index contributed by atoms with van der Waals surface area (Å²) in [5.41, 5.74) is -0.116. The third kappa shape index (κ3) is 4.70. The highest BCUT2D eigenvalue weighted by atomic mass is 35.5. The zero-order chi connectivity index (χ0) is 18.4. The predicted molar refractivity (Wildman–Crippen MR) is 95.1 cm³/mol. The fourth-order valence-corrected chi connectivity index (χ4v) is 3.05. The van der Waals surface area contributed by atoms with E-state index in [2.05, 4.69) is 12.2 Å². The number of carbonyl (C=O) groups is 1. The van der Waals surface area contributed by atoms with Crippen molar-refractivity contribution in [3.05, 3.63) is 45.1 Å². The Morgan fingerprint density at radius 1 is 1.56 bits per heavy atom. The number of nitrogens with one attached hydrogen (secondary N) is 1. The lowest BCUT2D eigenvalue weighted by Gasteiger charge is -2.34. The van der Waals surface area contributed by atoms with Gasteiger partial charge in [0, 0.05) is 30.5 Å². The van der Waals surface area contributed by atoms with Gasteiger partial charge in [-0.3, -0.25) is 14.9 Å². The summed E-state index contributed by atoms with van der Waals surface area (Å²) in [4.78, 5) is 24.7. The van der Waals surface area contributed by atoms with Crippen molar-refractivity contribution in [2.45, 2.75) is 38.6 Å². The first-order valence-electron chi connectivity index (χ1n) is 8.09. The van der Waals surface area contributed by atoms with Gasteiger partial charge in [-0.15, -0.1) is 0 Å². The summed E-state index contributed by atoms with van der Waals surface area (Å²) in [5, 5.41) is 22.7. The van der Waals surface area contributed by atoms with Gasteiger partial charge in [-0.25, -0.2) is 0 Å². The van der Waals surface area contributed by atoms with Crippen LogP contribution < -0.4 is 5.32 Å². The van der Waals surface area contributed by atoms with E-state index in [1.54, 1.807) is 6.20 Å². The summed E-state index contributed by atoms with van der Waals surface area (Å²) in [5.74, 6) is -0.598. The molecule has 7 nitrogen and oxygen atoms in total. The molecule has 1 aromatic rings. The quantitative estimate of drug-likeness (QED) is 0.371. The number of anilines is 1. The van der Waals surface area contributed by atoms with Crippen LogP contribution in [0, 0.1) is 21.4 Å². The number of hydrogen-bond donors (Lipinski definition) is 1. The molecule has 2 rings (SSSR count). The number of nitro groups is 1. The Bertz CT molecular complexity index is 742. The molecule has 132 valence electrons. The van der Waals surface area contributed by atoms with Gasteiger partial charge < -0.3 is 10.2 Å². The van der Waals surface area contributed by atoms with Gasteiger partial charge in [0.25, 0.3) is 11.6 Å². The molecule has 8 heteroatoms. The molecule has 1 aliphatic rings. The van der Waals surface area contributed by atoms with E-state index in [0.29, 0.717) is 6.04 Å². The van der Waals surface area contributed by atoms with Crippen molar-refractivity contribution in [1.29, 1.82) is 5.26 Å². The molecule has 1 amide bonds. The number of piperidine rings is 1. The van der Waals surface area contributed by atoms with Crippen LogP contribution >= 0.6 is 11.6 Å². The summed E-state index contributed by atoms with van der Waals surface area (Å²) in [6.45, 7) is 2.89. The average Bonchev–Trinajstić information content (AvgIpc) is 2.61. The van der Waals surface area contributed by atoms with Crippen LogP contribution in [0.2, 0.25) is 5.02 Å². The Labute approximate surface area is 151 Å². The zero-order valence-electron chi connectivity index (χ0n) is 13.9. The first-order chi connectivity index (χ1) is 12.0. The van der Waals surface area contributed by atoms with Crippen LogP contribution in [0.15, 0.2) is 30.0 Å². The van der Waals surface area contributed by atoms with Crippen molar-refractivity contribution in [1.82, 2.24) is 4.90 Å². The van der Waals surface area contributed by atoms with E-state index < -0.39 is 10.8 Å². The molecule has 1 N–H and O–H groups in total. The Balaban J connectivity index is 2.17. The van der Waals surface area contributed by atoms with Crippen LogP contribution in [0.3, 0.4) is 0 Å². The molecule has 25 heavy (non-hydrogen) atoms. The van der Waals surface area contributed by atoms with Gasteiger partial charge in [-0.05, 0) is 37.8 Å². The zero-order valence-corrected chi connectivity index (χ0v) is 14.6. The molecule has 1 saturated heterocycles. The molecule has 0 spiro atoms. The normalized spacial score (nSPS) is 17.7. The summed E-state index contributed by atoms with van der Waals surface area (Å²) < 4.78 is 0. The van der Waals surface area contributed by atoms with Crippen LogP contribution in [0.25, 0.3) is 0 Å². The van der Waals surface area contributed by atoms with E-state index in [4.69, 9.17) is 11.6 Å². The fraction of sp³-hybridized carbons (Fsp3) is 0.412. The van der Waals surface area contributed by atoms with E-state index in [1.165, 1.54) is 18.2 Å². The van der Waals surface area contributed by atoms with Crippen LogP contribution in [0.4, 0.5) is 11.4 Å². The minimum absolute atomic E-state index is 0.0156. The SMILES string of the molecule is CCC1CCCCN1/C=C(/C#N)C(=O)Nc1ccc(Cl)c([N+](=O)[O-])c1. The van der Waals surface area contributed by atoms with Gasteiger partial charge in [0.05, 0.1) is 4.92 Å². The van der Waals surface area contributed by atoms with Crippen LogP contribution in [-0.2, 0) is 4.79 Å². The number of likely N-dealkylation sites (tertiary alicyclic amines) is 1. The number of nitriles is 1. The van der Waals surface area contributed by atoms with E-state index in [0.717, 1.165) is 32.2 Å². The molecule has 0 saturated carbocycles. The van der Waals surface area contributed by atoms with Crippen LogP contribution in [0.1, 0.15) is 32.6 Å². The molecule has 1 unspecified atom stereocenters. The maximum Gasteiger partial charge on any atom is 0.289 e. The monoisotopic (exact) mass is 362 g/mol. The number of nitro benzene ring substituents is 1. The van der Waals surface area contributed by atoms with Gasteiger partial charge in [-0.1, -0.05) is 18.5 Å². The summed E-state index contributed by atoms with van der Waals surface area (Å²) in [6.07, 6.45) is 5.74. The predicted octanol–water partition coefficient (Wildman–Crippen LogP) is 3.86. The first kappa shape index (κ1) is 18.7. The van der Waals surface area contributed by atoms with Crippen LogP contribution in [0.5, 0.6) is 0 Å². The molecule has 0 bridgehead atoms. The number of halogens is 1. The number of amides is 1. The molecule has 0 aliphatic carbocycles. The molecule has 1 aliphatic heterocycles. The van der Waals surface area contributed by atoms with E-state index in [-0.39, 0.29) is 22.0 Å². The lowest BCUT2D eigenvalue weighted by Crippen LogP contribution is -2.35. The Morgan fingerprint density at radius 2 is 2.32 bits per heavy atom. The molecule has 1 aromatic carbocycles. The molecule has 0 aromatic heterocycles. The highest BCUT2D eigenvalue weighted by Crippen LogP contribution is 2.27. The molecule has 1 fully saturated rings. The van der Waals surface area contributed by atoms with Crippen molar-refractivity contribution in [2.75, 3.05) is 11.9 Å². The molecular formula is C17H19ClN4O3. The summed E-state index contributed by atoms with van der Waals surface area (Å²) >= 11 is 5.75. The van der Waals surface area contributed by atoms with Crippen LogP contribution in [-0.4, -0.2) is 28.3 Å². The smallest absolute Gasteiger partial charge is 0.289 e. The molecular weight excluding hydrogens is 344 g/mol. The van der Waals surface area contributed by atoms with Crippen molar-refractivity contribution in [3.63, 3.8) is 0 Å². The van der Waals surface area contributed by atoms with E-state index in [1.807, 2.05) is 11.0 Å². The number of carbonyl (C=O) groups excluding carboxylic acids is 1. The Hall–Kier alpha value is -2.59. The third-order valence-electron chi connectivity index (χ3n) is 4.20. The minimum Gasteiger partial charge on any atom is -0.373 e. The largest absolute Gasteiger partial charge is 0.373 e. The second-order valence-corrected chi connectivity index (χ2v) is 6.23. The maximum absolute atomic E-state index is 12.3. The standard InChI is InChI=1S/C17H19ClN4O3/c1-2-14-5-3-4-8-21(14)11-12(10-19)17(23)20-13-6-7-15(18)16(9-13)22(24)25/h6-7,9,11,14H,2-5,8H2,1H3,(H,20,23)/b12-11-. The number of hydrogen-bond acceptors (Lipinski definition) is 5. The Morgan fingerprint density at radius 3 is 2.96 bits per heavy atom. The molecule has 1 heterocycles. The van der Waals surface area contributed by atoms with Crippen molar-refractivity contribution < 1.29 is 9.72 Å². The van der Waals surface area contributed by atoms with E-state index in [9.17, 15) is 20.2 Å². The first-order valence-corrected chi connectivity index (χ1v) is 8.47. The van der Waals surface area contributed by atoms with Crippen molar-refractivity contribution >= 4 is 28.9 Å². The van der Waals surface area contributed by atoms with Gasteiger partial charge in [0.1, 0.15) is 16.7 Å². The third-order valence-corrected chi connectivity index (χ3v) is 4.52.